The van der Waals surface area contributed by atoms with E-state index in [1.54, 1.807) is 7.11 Å². The fraction of sp³-hybridized carbons (Fsp3) is 0.800. The highest BCUT2D eigenvalue weighted by Crippen LogP contribution is 2.75. The summed E-state index contributed by atoms with van der Waals surface area (Å²) in [7, 11) is 1.79. The standard InChI is InChI=1S/C30H45NO4/c1-8-30-25(34-7)20(28(6,33)26(2,3)4)16-27(5)22-15-19-11-12-21(32)24(35-30)23(19)29(27,30)13-14-31(22)17-18-9-10-18/h11-12,18,20,22,25,32-33H,8-10,13-17H2,1-7H3/t20-,22?,25+,27+,28?,29+,30+/m0/s1. The molecule has 2 aliphatic heterocycles. The molecule has 1 aromatic rings. The molecule has 7 atom stereocenters. The van der Waals surface area contributed by atoms with E-state index in [4.69, 9.17) is 9.47 Å². The van der Waals surface area contributed by atoms with Gasteiger partial charge in [0, 0.05) is 36.6 Å². The number of phenols is 1. The van der Waals surface area contributed by atoms with Crippen molar-refractivity contribution in [2.24, 2.45) is 22.7 Å². The van der Waals surface area contributed by atoms with Gasteiger partial charge in [-0.2, -0.15) is 0 Å². The lowest BCUT2D eigenvalue weighted by Gasteiger charge is -2.71. The predicted octanol–water partition coefficient (Wildman–Crippen LogP) is 5.05. The smallest absolute Gasteiger partial charge is 0.166 e. The van der Waals surface area contributed by atoms with Crippen molar-refractivity contribution >= 4 is 0 Å². The van der Waals surface area contributed by atoms with Crippen molar-refractivity contribution in [2.45, 2.75) is 109 Å². The van der Waals surface area contributed by atoms with Crippen molar-refractivity contribution in [3.05, 3.63) is 23.3 Å². The molecule has 3 aliphatic carbocycles. The van der Waals surface area contributed by atoms with E-state index in [0.29, 0.717) is 11.8 Å². The van der Waals surface area contributed by atoms with Crippen molar-refractivity contribution < 1.29 is 19.7 Å². The number of rotatable bonds is 5. The molecule has 6 rings (SSSR count). The van der Waals surface area contributed by atoms with E-state index in [9.17, 15) is 10.2 Å². The molecular formula is C30H45NO4. The number of benzene rings is 1. The second-order valence-corrected chi connectivity index (χ2v) is 13.9. The van der Waals surface area contributed by atoms with Crippen molar-refractivity contribution in [3.63, 3.8) is 0 Å². The normalized spacial score (nSPS) is 41.8. The first kappa shape index (κ1) is 24.1. The summed E-state index contributed by atoms with van der Waals surface area (Å²) >= 11 is 0. The van der Waals surface area contributed by atoms with Crippen LogP contribution in [0.4, 0.5) is 0 Å². The zero-order valence-corrected chi connectivity index (χ0v) is 22.8. The van der Waals surface area contributed by atoms with Gasteiger partial charge in [-0.15, -0.1) is 0 Å². The second kappa shape index (κ2) is 7.17. The van der Waals surface area contributed by atoms with Gasteiger partial charge in [-0.05, 0) is 80.4 Å². The minimum atomic E-state index is -0.948. The maximum Gasteiger partial charge on any atom is 0.166 e. The fourth-order valence-corrected chi connectivity index (χ4v) is 9.27. The first-order valence-electron chi connectivity index (χ1n) is 13.9. The summed E-state index contributed by atoms with van der Waals surface area (Å²) in [6, 6.07) is 4.38. The third-order valence-corrected chi connectivity index (χ3v) is 11.7. The van der Waals surface area contributed by atoms with Crippen LogP contribution in [-0.4, -0.2) is 58.7 Å². The zero-order valence-electron chi connectivity index (χ0n) is 22.8. The Labute approximate surface area is 211 Å². The number of piperidine rings is 1. The first-order chi connectivity index (χ1) is 16.4. The van der Waals surface area contributed by atoms with Gasteiger partial charge in [0.25, 0.3) is 0 Å². The van der Waals surface area contributed by atoms with Gasteiger partial charge in [-0.25, -0.2) is 0 Å². The van der Waals surface area contributed by atoms with Crippen LogP contribution in [0.3, 0.4) is 0 Å². The molecule has 5 nitrogen and oxygen atoms in total. The van der Waals surface area contributed by atoms with Crippen LogP contribution in [0.15, 0.2) is 12.1 Å². The summed E-state index contributed by atoms with van der Waals surface area (Å²) in [6.45, 7) is 15.4. The van der Waals surface area contributed by atoms with Crippen LogP contribution >= 0.6 is 0 Å². The molecule has 0 aromatic heterocycles. The molecule has 2 saturated carbocycles. The van der Waals surface area contributed by atoms with Gasteiger partial charge in [0.05, 0.1) is 5.60 Å². The van der Waals surface area contributed by atoms with E-state index in [0.717, 1.165) is 38.1 Å². The van der Waals surface area contributed by atoms with Crippen molar-refractivity contribution in [1.29, 1.82) is 0 Å². The molecule has 2 N–H and O–H groups in total. The van der Waals surface area contributed by atoms with Gasteiger partial charge >= 0.3 is 0 Å². The number of aliphatic hydroxyl groups is 1. The van der Waals surface area contributed by atoms with Crippen molar-refractivity contribution in [3.8, 4) is 11.5 Å². The quantitative estimate of drug-likeness (QED) is 0.614. The zero-order chi connectivity index (χ0) is 25.2. The Bertz CT molecular complexity index is 1040. The second-order valence-electron chi connectivity index (χ2n) is 13.9. The van der Waals surface area contributed by atoms with Crippen LogP contribution in [0.1, 0.15) is 84.8 Å². The predicted molar refractivity (Wildman–Crippen MR) is 137 cm³/mol. The molecular weight excluding hydrogens is 438 g/mol. The molecule has 2 unspecified atom stereocenters. The molecule has 1 saturated heterocycles. The van der Waals surface area contributed by atoms with E-state index >= 15 is 0 Å². The van der Waals surface area contributed by atoms with Gasteiger partial charge < -0.3 is 19.7 Å². The van der Waals surface area contributed by atoms with Crippen LogP contribution in [-0.2, 0) is 16.6 Å². The van der Waals surface area contributed by atoms with E-state index in [2.05, 4.69) is 45.6 Å². The number of hydrogen-bond donors (Lipinski definition) is 2. The number of ether oxygens (including phenoxy) is 2. The maximum absolute atomic E-state index is 12.2. The molecule has 35 heavy (non-hydrogen) atoms. The highest BCUT2D eigenvalue weighted by atomic mass is 16.6. The van der Waals surface area contributed by atoms with Crippen molar-refractivity contribution in [2.75, 3.05) is 20.2 Å². The number of aromatic hydroxyl groups is 1. The largest absolute Gasteiger partial charge is 0.504 e. The lowest BCUT2D eigenvalue weighted by atomic mass is 9.37. The van der Waals surface area contributed by atoms with Crippen LogP contribution in [0.25, 0.3) is 0 Å². The Balaban J connectivity index is 1.62. The van der Waals surface area contributed by atoms with Gasteiger partial charge in [-0.1, -0.05) is 40.7 Å². The summed E-state index contributed by atoms with van der Waals surface area (Å²) in [5, 5.41) is 23.3. The third-order valence-electron chi connectivity index (χ3n) is 11.7. The summed E-state index contributed by atoms with van der Waals surface area (Å²) in [4.78, 5) is 2.78. The topological polar surface area (TPSA) is 62.2 Å². The number of phenolic OH excluding ortho intramolecular Hbond substituents is 1. The number of methoxy groups -OCH3 is 1. The van der Waals surface area contributed by atoms with Gasteiger partial charge in [0.1, 0.15) is 11.7 Å². The molecule has 5 aliphatic rings. The van der Waals surface area contributed by atoms with Crippen molar-refractivity contribution in [1.82, 2.24) is 4.90 Å². The highest BCUT2D eigenvalue weighted by Gasteiger charge is 2.80. The monoisotopic (exact) mass is 483 g/mol. The van der Waals surface area contributed by atoms with Gasteiger partial charge in [0.2, 0.25) is 0 Å². The summed E-state index contributed by atoms with van der Waals surface area (Å²) in [5.74, 6) is 1.68. The summed E-state index contributed by atoms with van der Waals surface area (Å²) < 4.78 is 13.5. The molecule has 0 amide bonds. The molecule has 5 heteroatoms. The first-order valence-corrected chi connectivity index (χ1v) is 13.9. The Morgan fingerprint density at radius 2 is 1.91 bits per heavy atom. The molecule has 1 spiro atoms. The maximum atomic E-state index is 12.2. The van der Waals surface area contributed by atoms with Gasteiger partial charge in [-0.3, -0.25) is 4.90 Å². The summed E-state index contributed by atoms with van der Waals surface area (Å²) in [5.41, 5.74) is 0.349. The molecule has 0 radical (unpaired) electrons. The fourth-order valence-electron chi connectivity index (χ4n) is 9.27. The Kier molecular flexibility index (Phi) is 4.93. The molecule has 2 bridgehead atoms. The molecule has 194 valence electrons. The third kappa shape index (κ3) is 2.71. The number of hydrogen-bond acceptors (Lipinski definition) is 5. The minimum Gasteiger partial charge on any atom is -0.504 e. The summed E-state index contributed by atoms with van der Waals surface area (Å²) in [6.07, 6.45) is 6.10. The lowest BCUT2D eigenvalue weighted by molar-refractivity contribution is -0.270. The van der Waals surface area contributed by atoms with E-state index in [1.807, 2.05) is 13.0 Å². The number of likely N-dealkylation sites (tertiary alicyclic amines) is 1. The molecule has 1 aromatic carbocycles. The van der Waals surface area contributed by atoms with E-state index in [1.165, 1.54) is 30.5 Å². The van der Waals surface area contributed by atoms with Crippen LogP contribution in [0, 0.1) is 22.7 Å². The van der Waals surface area contributed by atoms with Gasteiger partial charge in [0.15, 0.2) is 11.5 Å². The molecule has 3 fully saturated rings. The molecule has 2 heterocycles. The van der Waals surface area contributed by atoms with E-state index in [-0.39, 0.29) is 34.0 Å². The Morgan fingerprint density at radius 1 is 1.20 bits per heavy atom. The van der Waals surface area contributed by atoms with Crippen LogP contribution in [0.5, 0.6) is 11.5 Å². The Hall–Kier alpha value is -1.30. The van der Waals surface area contributed by atoms with E-state index < -0.39 is 11.2 Å². The highest BCUT2D eigenvalue weighted by molar-refractivity contribution is 5.63. The van der Waals surface area contributed by atoms with Crippen LogP contribution < -0.4 is 4.74 Å². The lowest BCUT2D eigenvalue weighted by Crippen LogP contribution is -2.80. The SMILES string of the molecule is CC[C@]12Oc3c(O)ccc4c3[C@@]13CCN(CC1CC1)C(C4)[C@@]3(C)C[C@H](C(C)(O)C(C)(C)C)[C@H]2OC. The Morgan fingerprint density at radius 3 is 2.51 bits per heavy atom. The van der Waals surface area contributed by atoms with Crippen LogP contribution in [0.2, 0.25) is 0 Å². The number of nitrogens with zero attached hydrogens (tertiary/aromatic N) is 1. The average Bonchev–Trinajstić information content (AvgIpc) is 3.54. The average molecular weight is 484 g/mol. The minimum absolute atomic E-state index is 0.0908.